The van der Waals surface area contributed by atoms with Crippen molar-refractivity contribution in [3.05, 3.63) is 65.3 Å². The highest BCUT2D eigenvalue weighted by Gasteiger charge is 2.36. The molecule has 0 bridgehead atoms. The van der Waals surface area contributed by atoms with E-state index in [1.807, 2.05) is 29.2 Å². The lowest BCUT2D eigenvalue weighted by atomic mass is 9.97. The Bertz CT molecular complexity index is 1490. The van der Waals surface area contributed by atoms with Gasteiger partial charge >= 0.3 is 0 Å². The van der Waals surface area contributed by atoms with Gasteiger partial charge in [-0.3, -0.25) is 14.6 Å². The largest absolute Gasteiger partial charge is 0.367 e. The first kappa shape index (κ1) is 27.4. The van der Waals surface area contributed by atoms with Gasteiger partial charge in [0, 0.05) is 81.2 Å². The third kappa shape index (κ3) is 5.59. The molecule has 11 heteroatoms. The normalized spacial score (nSPS) is 18.8. The van der Waals surface area contributed by atoms with Gasteiger partial charge in [0.1, 0.15) is 0 Å². The number of piperazine rings is 1. The van der Waals surface area contributed by atoms with E-state index >= 15 is 0 Å². The molecule has 2 saturated heterocycles. The lowest BCUT2D eigenvalue weighted by molar-refractivity contribution is -0.137. The molecule has 2 amide bonds. The number of benzene rings is 2. The molecule has 0 N–H and O–H groups in total. The van der Waals surface area contributed by atoms with Crippen molar-refractivity contribution in [1.29, 1.82) is 0 Å². The van der Waals surface area contributed by atoms with Crippen LogP contribution in [0, 0.1) is 5.92 Å². The predicted octanol–water partition coefficient (Wildman–Crippen LogP) is 3.34. The predicted molar refractivity (Wildman–Crippen MR) is 151 cm³/mol. The van der Waals surface area contributed by atoms with Crippen LogP contribution in [0.25, 0.3) is 10.9 Å². The Labute approximate surface area is 234 Å². The molecule has 0 spiro atoms. The second-order valence-electron chi connectivity index (χ2n) is 10.2. The Morgan fingerprint density at radius 3 is 2.38 bits per heavy atom. The monoisotopic (exact) mass is 569 g/mol. The quantitative estimate of drug-likeness (QED) is 0.468. The highest BCUT2D eigenvalue weighted by Crippen LogP contribution is 2.30. The molecule has 1 atom stereocenters. The van der Waals surface area contributed by atoms with Crippen LogP contribution in [0.15, 0.2) is 59.6 Å². The van der Waals surface area contributed by atoms with Crippen LogP contribution in [0.4, 0.5) is 5.69 Å². The van der Waals surface area contributed by atoms with Gasteiger partial charge in [0.15, 0.2) is 0 Å². The van der Waals surface area contributed by atoms with E-state index in [1.54, 1.807) is 20.3 Å². The number of nitrogens with zero attached hydrogens (tertiary/aromatic N) is 5. The van der Waals surface area contributed by atoms with Gasteiger partial charge in [-0.15, -0.1) is 0 Å². The van der Waals surface area contributed by atoms with Crippen LogP contribution < -0.4 is 4.90 Å². The standard InChI is InChI=1S/C28H32ClN5O4S/c1-31(2)27(35)20-5-8-23(9-6-20)39(37,38)34-13-3-4-21(19-34)28(36)33-16-14-32(15-17-33)26-11-12-30-25-18-22(29)7-10-24(25)26/h5-12,18,21H,3-4,13-17,19H2,1-2H3. The third-order valence-corrected chi connectivity index (χ3v) is 9.61. The number of pyridine rings is 1. The van der Waals surface area contributed by atoms with Gasteiger partial charge in [-0.05, 0) is 61.4 Å². The number of aromatic nitrogens is 1. The molecule has 0 radical (unpaired) electrons. The van der Waals surface area contributed by atoms with Crippen molar-refractivity contribution in [1.82, 2.24) is 19.1 Å². The number of anilines is 1. The molecule has 5 rings (SSSR count). The highest BCUT2D eigenvalue weighted by molar-refractivity contribution is 7.89. The number of hydrogen-bond acceptors (Lipinski definition) is 6. The van der Waals surface area contributed by atoms with E-state index in [9.17, 15) is 18.0 Å². The summed E-state index contributed by atoms with van der Waals surface area (Å²) < 4.78 is 28.1. The van der Waals surface area contributed by atoms with Gasteiger partial charge in [-0.2, -0.15) is 4.31 Å². The highest BCUT2D eigenvalue weighted by atomic mass is 35.5. The van der Waals surface area contributed by atoms with Crippen LogP contribution in [0.5, 0.6) is 0 Å². The first-order valence-corrected chi connectivity index (χ1v) is 14.9. The fourth-order valence-electron chi connectivity index (χ4n) is 5.35. The van der Waals surface area contributed by atoms with Crippen LogP contribution in [0.2, 0.25) is 5.02 Å². The molecule has 3 heterocycles. The van der Waals surface area contributed by atoms with Gasteiger partial charge < -0.3 is 14.7 Å². The Morgan fingerprint density at radius 2 is 1.69 bits per heavy atom. The number of sulfonamides is 1. The van der Waals surface area contributed by atoms with E-state index in [1.165, 1.54) is 33.5 Å². The number of halogens is 1. The summed E-state index contributed by atoms with van der Waals surface area (Å²) in [4.78, 5) is 35.7. The second-order valence-corrected chi connectivity index (χ2v) is 12.6. The zero-order valence-electron chi connectivity index (χ0n) is 22.1. The Hall–Kier alpha value is -3.21. The molecular formula is C28H32ClN5O4S. The van der Waals surface area contributed by atoms with E-state index in [0.29, 0.717) is 56.2 Å². The first-order chi connectivity index (χ1) is 18.6. The van der Waals surface area contributed by atoms with Crippen LogP contribution in [-0.4, -0.2) is 92.7 Å². The van der Waals surface area contributed by atoms with Crippen molar-refractivity contribution in [2.24, 2.45) is 5.92 Å². The fourth-order valence-corrected chi connectivity index (χ4v) is 7.04. The summed E-state index contributed by atoms with van der Waals surface area (Å²) >= 11 is 6.13. The van der Waals surface area contributed by atoms with Crippen molar-refractivity contribution in [3.8, 4) is 0 Å². The van der Waals surface area contributed by atoms with E-state index < -0.39 is 10.0 Å². The summed E-state index contributed by atoms with van der Waals surface area (Å²) in [5, 5.41) is 1.66. The zero-order valence-corrected chi connectivity index (χ0v) is 23.7. The minimum Gasteiger partial charge on any atom is -0.367 e. The number of piperidine rings is 1. The summed E-state index contributed by atoms with van der Waals surface area (Å²) in [6.45, 7) is 3.04. The van der Waals surface area contributed by atoms with Crippen LogP contribution in [-0.2, 0) is 14.8 Å². The number of carbonyl (C=O) groups is 2. The molecule has 206 valence electrons. The third-order valence-electron chi connectivity index (χ3n) is 7.49. The zero-order chi connectivity index (χ0) is 27.7. The molecular weight excluding hydrogens is 538 g/mol. The van der Waals surface area contributed by atoms with Crippen molar-refractivity contribution < 1.29 is 18.0 Å². The molecule has 0 aliphatic carbocycles. The van der Waals surface area contributed by atoms with Crippen LogP contribution in [0.1, 0.15) is 23.2 Å². The van der Waals surface area contributed by atoms with E-state index in [0.717, 1.165) is 16.6 Å². The number of carbonyl (C=O) groups excluding carboxylic acids is 2. The smallest absolute Gasteiger partial charge is 0.253 e. The first-order valence-electron chi connectivity index (χ1n) is 13.0. The average Bonchev–Trinajstić information content (AvgIpc) is 2.96. The minimum absolute atomic E-state index is 0.00726. The second kappa shape index (κ2) is 11.1. The molecule has 1 unspecified atom stereocenters. The molecule has 2 aliphatic rings. The minimum atomic E-state index is -3.78. The number of amides is 2. The number of fused-ring (bicyclic) bond motifs is 1. The maximum Gasteiger partial charge on any atom is 0.253 e. The molecule has 3 aromatic rings. The molecule has 2 aromatic carbocycles. The molecule has 39 heavy (non-hydrogen) atoms. The Morgan fingerprint density at radius 1 is 0.974 bits per heavy atom. The number of hydrogen-bond donors (Lipinski definition) is 0. The summed E-state index contributed by atoms with van der Waals surface area (Å²) in [5.41, 5.74) is 2.33. The summed E-state index contributed by atoms with van der Waals surface area (Å²) in [5.74, 6) is -0.560. The molecule has 2 fully saturated rings. The summed E-state index contributed by atoms with van der Waals surface area (Å²) in [6.07, 6.45) is 3.06. The SMILES string of the molecule is CN(C)C(=O)c1ccc(S(=O)(=O)N2CCCC(C(=O)N3CCN(c4ccnc5cc(Cl)ccc45)CC3)C2)cc1. The van der Waals surface area contributed by atoms with Crippen molar-refractivity contribution >= 4 is 50.0 Å². The van der Waals surface area contributed by atoms with Gasteiger partial charge in [0.05, 0.1) is 16.3 Å². The van der Waals surface area contributed by atoms with Gasteiger partial charge in [0.25, 0.3) is 5.91 Å². The Balaban J connectivity index is 1.23. The topological polar surface area (TPSA) is 94.1 Å². The van der Waals surface area contributed by atoms with Crippen LogP contribution in [0.3, 0.4) is 0 Å². The van der Waals surface area contributed by atoms with Crippen molar-refractivity contribution in [2.45, 2.75) is 17.7 Å². The lowest BCUT2D eigenvalue weighted by Crippen LogP contribution is -2.53. The van der Waals surface area contributed by atoms with E-state index in [2.05, 4.69) is 9.88 Å². The molecule has 1 aromatic heterocycles. The van der Waals surface area contributed by atoms with Crippen LogP contribution >= 0.6 is 11.6 Å². The summed E-state index contributed by atoms with van der Waals surface area (Å²) in [7, 11) is -0.480. The van der Waals surface area contributed by atoms with Gasteiger partial charge in [0.2, 0.25) is 15.9 Å². The Kier molecular flexibility index (Phi) is 7.80. The van der Waals surface area contributed by atoms with Crippen molar-refractivity contribution in [2.75, 3.05) is 58.3 Å². The van der Waals surface area contributed by atoms with E-state index in [4.69, 9.17) is 11.6 Å². The summed E-state index contributed by atoms with van der Waals surface area (Å²) in [6, 6.07) is 13.7. The molecule has 2 aliphatic heterocycles. The number of rotatable bonds is 5. The maximum absolute atomic E-state index is 13.5. The fraction of sp³-hybridized carbons (Fsp3) is 0.393. The van der Waals surface area contributed by atoms with E-state index in [-0.39, 0.29) is 29.2 Å². The molecule has 0 saturated carbocycles. The maximum atomic E-state index is 13.5. The van der Waals surface area contributed by atoms with Gasteiger partial charge in [-0.25, -0.2) is 8.42 Å². The molecule has 9 nitrogen and oxygen atoms in total. The van der Waals surface area contributed by atoms with Gasteiger partial charge in [-0.1, -0.05) is 11.6 Å². The lowest BCUT2D eigenvalue weighted by Gasteiger charge is -2.39. The average molecular weight is 570 g/mol. The van der Waals surface area contributed by atoms with Crippen molar-refractivity contribution in [3.63, 3.8) is 0 Å².